The summed E-state index contributed by atoms with van der Waals surface area (Å²) in [6.07, 6.45) is 2.59. The molecule has 0 amide bonds. The Morgan fingerprint density at radius 2 is 2.19 bits per heavy atom. The Labute approximate surface area is 102 Å². The molecule has 0 bridgehead atoms. The summed E-state index contributed by atoms with van der Waals surface area (Å²) in [5, 5.41) is 0.683. The van der Waals surface area contributed by atoms with Crippen LogP contribution in [0.3, 0.4) is 0 Å². The summed E-state index contributed by atoms with van der Waals surface area (Å²) in [4.78, 5) is 0. The quantitative estimate of drug-likeness (QED) is 0.876. The van der Waals surface area contributed by atoms with Crippen molar-refractivity contribution in [3.8, 4) is 5.75 Å². The minimum Gasteiger partial charge on any atom is -0.495 e. The summed E-state index contributed by atoms with van der Waals surface area (Å²) in [6, 6.07) is 4.02. The molecule has 0 spiro atoms. The van der Waals surface area contributed by atoms with Crippen molar-refractivity contribution in [2.75, 3.05) is 13.7 Å². The fourth-order valence-electron chi connectivity index (χ4n) is 2.30. The summed E-state index contributed by atoms with van der Waals surface area (Å²) in [5.74, 6) is 1.96. The van der Waals surface area contributed by atoms with Crippen LogP contribution in [-0.4, -0.2) is 13.7 Å². The standard InChI is InChI=1S/C13H18ClNO/c1-8-5-13(16-2)12(14)6-10(8)11(7-15)9-3-4-9/h5-6,9,11H,3-4,7,15H2,1-2H3. The van der Waals surface area contributed by atoms with Crippen LogP contribution in [-0.2, 0) is 0 Å². The zero-order chi connectivity index (χ0) is 11.7. The highest BCUT2D eigenvalue weighted by molar-refractivity contribution is 6.32. The molecule has 1 aromatic carbocycles. The van der Waals surface area contributed by atoms with Gasteiger partial charge >= 0.3 is 0 Å². The highest BCUT2D eigenvalue weighted by Gasteiger charge is 2.32. The van der Waals surface area contributed by atoms with E-state index in [0.29, 0.717) is 17.5 Å². The molecule has 2 rings (SSSR count). The second-order valence-electron chi connectivity index (χ2n) is 4.52. The van der Waals surface area contributed by atoms with Gasteiger partial charge in [0.1, 0.15) is 5.75 Å². The van der Waals surface area contributed by atoms with Crippen LogP contribution in [0.2, 0.25) is 5.02 Å². The number of rotatable bonds is 4. The Morgan fingerprint density at radius 3 is 2.69 bits per heavy atom. The molecular weight excluding hydrogens is 222 g/mol. The lowest BCUT2D eigenvalue weighted by molar-refractivity contribution is 0.414. The van der Waals surface area contributed by atoms with Crippen LogP contribution in [0.4, 0.5) is 0 Å². The Morgan fingerprint density at radius 1 is 1.50 bits per heavy atom. The van der Waals surface area contributed by atoms with Gasteiger partial charge in [-0.1, -0.05) is 11.6 Å². The van der Waals surface area contributed by atoms with Gasteiger partial charge in [0.2, 0.25) is 0 Å². The van der Waals surface area contributed by atoms with Crippen LogP contribution in [0, 0.1) is 12.8 Å². The molecular formula is C13H18ClNO. The molecule has 3 heteroatoms. The molecule has 1 aromatic rings. The van der Waals surface area contributed by atoms with Crippen molar-refractivity contribution in [1.82, 2.24) is 0 Å². The number of aryl methyl sites for hydroxylation is 1. The van der Waals surface area contributed by atoms with E-state index < -0.39 is 0 Å². The smallest absolute Gasteiger partial charge is 0.137 e. The van der Waals surface area contributed by atoms with Gasteiger partial charge < -0.3 is 10.5 Å². The van der Waals surface area contributed by atoms with Gasteiger partial charge in [0, 0.05) is 0 Å². The van der Waals surface area contributed by atoms with Crippen molar-refractivity contribution >= 4 is 11.6 Å². The number of hydrogen-bond donors (Lipinski definition) is 1. The molecule has 88 valence electrons. The third-order valence-electron chi connectivity index (χ3n) is 3.38. The van der Waals surface area contributed by atoms with Crippen LogP contribution in [0.15, 0.2) is 12.1 Å². The molecule has 0 aromatic heterocycles. The molecule has 1 unspecified atom stereocenters. The van der Waals surface area contributed by atoms with Crippen molar-refractivity contribution in [3.05, 3.63) is 28.3 Å². The average Bonchev–Trinajstić information content (AvgIpc) is 3.08. The van der Waals surface area contributed by atoms with Gasteiger partial charge in [0.05, 0.1) is 12.1 Å². The summed E-state index contributed by atoms with van der Waals surface area (Å²) in [5.41, 5.74) is 8.37. The van der Waals surface area contributed by atoms with E-state index in [4.69, 9.17) is 22.1 Å². The fraction of sp³-hybridized carbons (Fsp3) is 0.538. The van der Waals surface area contributed by atoms with E-state index >= 15 is 0 Å². The second-order valence-corrected chi connectivity index (χ2v) is 4.93. The van der Waals surface area contributed by atoms with E-state index in [1.165, 1.54) is 24.0 Å². The van der Waals surface area contributed by atoms with Crippen LogP contribution >= 0.6 is 11.6 Å². The first kappa shape index (κ1) is 11.7. The van der Waals surface area contributed by atoms with E-state index in [-0.39, 0.29) is 0 Å². The normalized spacial score (nSPS) is 17.2. The van der Waals surface area contributed by atoms with Crippen molar-refractivity contribution in [2.45, 2.75) is 25.7 Å². The molecule has 1 aliphatic rings. The Kier molecular flexibility index (Phi) is 3.41. The van der Waals surface area contributed by atoms with E-state index in [2.05, 4.69) is 6.92 Å². The molecule has 0 radical (unpaired) electrons. The summed E-state index contributed by atoms with van der Waals surface area (Å²) < 4.78 is 5.21. The maximum atomic E-state index is 6.16. The number of ether oxygens (including phenoxy) is 1. The number of methoxy groups -OCH3 is 1. The van der Waals surface area contributed by atoms with Crippen LogP contribution < -0.4 is 10.5 Å². The molecule has 1 atom stereocenters. The lowest BCUT2D eigenvalue weighted by Crippen LogP contribution is -2.15. The van der Waals surface area contributed by atoms with Crippen molar-refractivity contribution in [1.29, 1.82) is 0 Å². The highest BCUT2D eigenvalue weighted by atomic mass is 35.5. The lowest BCUT2D eigenvalue weighted by Gasteiger charge is -2.18. The zero-order valence-electron chi connectivity index (χ0n) is 9.79. The van der Waals surface area contributed by atoms with E-state index in [1.54, 1.807) is 7.11 Å². The molecule has 2 N–H and O–H groups in total. The lowest BCUT2D eigenvalue weighted by atomic mass is 9.90. The topological polar surface area (TPSA) is 35.2 Å². The monoisotopic (exact) mass is 239 g/mol. The molecule has 16 heavy (non-hydrogen) atoms. The SMILES string of the molecule is COc1cc(C)c(C(CN)C2CC2)cc1Cl. The van der Waals surface area contributed by atoms with E-state index in [0.717, 1.165) is 11.7 Å². The van der Waals surface area contributed by atoms with E-state index in [9.17, 15) is 0 Å². The summed E-state index contributed by atoms with van der Waals surface area (Å²) in [6.45, 7) is 2.80. The van der Waals surface area contributed by atoms with Crippen LogP contribution in [0.5, 0.6) is 5.75 Å². The first-order valence-electron chi connectivity index (χ1n) is 5.71. The first-order valence-corrected chi connectivity index (χ1v) is 6.09. The largest absolute Gasteiger partial charge is 0.495 e. The van der Waals surface area contributed by atoms with Gasteiger partial charge in [0.25, 0.3) is 0 Å². The predicted octanol–water partition coefficient (Wildman–Crippen LogP) is 3.11. The van der Waals surface area contributed by atoms with Gasteiger partial charge in [0.15, 0.2) is 0 Å². The molecule has 2 nitrogen and oxygen atoms in total. The maximum Gasteiger partial charge on any atom is 0.137 e. The van der Waals surface area contributed by atoms with Gasteiger partial charge in [-0.2, -0.15) is 0 Å². The van der Waals surface area contributed by atoms with Crippen LogP contribution in [0.25, 0.3) is 0 Å². The zero-order valence-corrected chi connectivity index (χ0v) is 10.6. The minimum atomic E-state index is 0.461. The highest BCUT2D eigenvalue weighted by Crippen LogP contribution is 2.44. The number of hydrogen-bond acceptors (Lipinski definition) is 2. The van der Waals surface area contributed by atoms with Gasteiger partial charge in [-0.15, -0.1) is 0 Å². The minimum absolute atomic E-state index is 0.461. The molecule has 0 heterocycles. The second kappa shape index (κ2) is 4.64. The molecule has 0 aliphatic heterocycles. The molecule has 1 saturated carbocycles. The predicted molar refractivity (Wildman–Crippen MR) is 67.3 cm³/mol. The summed E-state index contributed by atoms with van der Waals surface area (Å²) >= 11 is 6.16. The maximum absolute atomic E-state index is 6.16. The van der Waals surface area contributed by atoms with E-state index in [1.807, 2.05) is 12.1 Å². The molecule has 0 saturated heterocycles. The molecule has 1 fully saturated rings. The Hall–Kier alpha value is -0.730. The Balaban J connectivity index is 2.36. The van der Waals surface area contributed by atoms with Gasteiger partial charge in [-0.3, -0.25) is 0 Å². The van der Waals surface area contributed by atoms with Gasteiger partial charge in [-0.05, 0) is 61.4 Å². The Bertz CT molecular complexity index is 388. The average molecular weight is 240 g/mol. The van der Waals surface area contributed by atoms with Gasteiger partial charge in [-0.25, -0.2) is 0 Å². The van der Waals surface area contributed by atoms with Crippen molar-refractivity contribution in [3.63, 3.8) is 0 Å². The third-order valence-corrected chi connectivity index (χ3v) is 3.68. The number of benzene rings is 1. The number of nitrogens with two attached hydrogens (primary N) is 1. The fourth-order valence-corrected chi connectivity index (χ4v) is 2.55. The third kappa shape index (κ3) is 2.18. The summed E-state index contributed by atoms with van der Waals surface area (Å²) in [7, 11) is 1.64. The van der Waals surface area contributed by atoms with Crippen LogP contribution in [0.1, 0.15) is 29.9 Å². The number of halogens is 1. The molecule has 1 aliphatic carbocycles. The van der Waals surface area contributed by atoms with Crippen molar-refractivity contribution < 1.29 is 4.74 Å². The van der Waals surface area contributed by atoms with Crippen molar-refractivity contribution in [2.24, 2.45) is 11.7 Å². The first-order chi connectivity index (χ1) is 7.67.